The topological polar surface area (TPSA) is 23.9 Å². The maximum absolute atomic E-state index is 7.21. The van der Waals surface area contributed by atoms with E-state index in [1.54, 1.807) is 0 Å². The van der Waals surface area contributed by atoms with Crippen molar-refractivity contribution in [3.8, 4) is 0 Å². The van der Waals surface area contributed by atoms with Gasteiger partial charge in [0.25, 0.3) is 0 Å². The molecule has 0 aliphatic rings. The van der Waals surface area contributed by atoms with Crippen molar-refractivity contribution in [2.45, 2.75) is 6.92 Å². The number of hydrogen-bond donors (Lipinski definition) is 1. The van der Waals surface area contributed by atoms with Crippen LogP contribution in [0.5, 0.6) is 0 Å². The Labute approximate surface area is 46.0 Å². The van der Waals surface area contributed by atoms with E-state index in [-0.39, 0.29) is 0 Å². The Kier molecular flexibility index (Phi) is 1.94. The van der Waals surface area contributed by atoms with E-state index in [9.17, 15) is 0 Å². The second-order valence-electron chi connectivity index (χ2n) is 2.88. The minimum absolute atomic E-state index is 0.882. The average Bonchev–Trinajstić information content (AvgIpc) is 1.31. The second kappa shape index (κ2) is 1.92. The van der Waals surface area contributed by atoms with Gasteiger partial charge < -0.3 is 0 Å². The van der Waals surface area contributed by atoms with E-state index in [1.165, 1.54) is 0 Å². The first-order valence-electron chi connectivity index (χ1n) is 2.50. The third-order valence-electron chi connectivity index (χ3n) is 1.12. The number of rotatable bonds is 1. The van der Waals surface area contributed by atoms with Crippen LogP contribution in [0.25, 0.3) is 0 Å². The van der Waals surface area contributed by atoms with Crippen LogP contribution in [0.3, 0.4) is 0 Å². The molecular weight excluding hydrogens is 105 g/mol. The van der Waals surface area contributed by atoms with Crippen molar-refractivity contribution in [2.75, 3.05) is 20.0 Å². The molecule has 0 saturated heterocycles. The zero-order valence-electron chi connectivity index (χ0n) is 5.50. The van der Waals surface area contributed by atoms with Gasteiger partial charge in [0, 0.05) is 0 Å². The van der Waals surface area contributed by atoms with Crippen LogP contribution < -0.4 is 0 Å². The van der Waals surface area contributed by atoms with E-state index in [0.717, 1.165) is 5.45 Å². The first-order chi connectivity index (χ1) is 2.94. The summed E-state index contributed by atoms with van der Waals surface area (Å²) in [5.74, 6) is 0. The molecule has 1 N–H and O–H groups in total. The van der Waals surface area contributed by atoms with Crippen LogP contribution in [0.2, 0.25) is 0 Å². The van der Waals surface area contributed by atoms with Gasteiger partial charge in [-0.15, -0.1) is 0 Å². The van der Waals surface area contributed by atoms with Gasteiger partial charge in [0.2, 0.25) is 0 Å². The average molecular weight is 119 g/mol. The van der Waals surface area contributed by atoms with Gasteiger partial charge in [-0.3, -0.25) is 0 Å². The summed E-state index contributed by atoms with van der Waals surface area (Å²) in [4.78, 5) is 0. The Morgan fingerprint density at radius 1 is 1.29 bits per heavy atom. The van der Waals surface area contributed by atoms with E-state index in [0.29, 0.717) is 0 Å². The van der Waals surface area contributed by atoms with Crippen LogP contribution in [0.4, 0.5) is 0 Å². The van der Waals surface area contributed by atoms with Crippen LogP contribution in [0, 0.1) is 5.41 Å². The zero-order valence-corrected chi connectivity index (χ0v) is 6.50. The molecule has 0 aromatic heterocycles. The maximum atomic E-state index is 7.21. The van der Waals surface area contributed by atoms with E-state index >= 15 is 0 Å². The molecule has 0 rings (SSSR count). The van der Waals surface area contributed by atoms with E-state index in [1.807, 2.05) is 6.92 Å². The van der Waals surface area contributed by atoms with Crippen LogP contribution in [-0.4, -0.2) is 25.4 Å². The number of nitrogens with one attached hydrogen (secondary N) is 1. The molecule has 0 unspecified atom stereocenters. The van der Waals surface area contributed by atoms with Crippen molar-refractivity contribution in [3.05, 3.63) is 0 Å². The van der Waals surface area contributed by atoms with Crippen molar-refractivity contribution in [3.63, 3.8) is 0 Å². The molecule has 7 heavy (non-hydrogen) atoms. The molecule has 0 aliphatic heterocycles. The quantitative estimate of drug-likeness (QED) is 0.400. The molecule has 0 amide bonds. The van der Waals surface area contributed by atoms with Gasteiger partial charge in [0.05, 0.1) is 0 Å². The molecule has 0 bridgehead atoms. The molecule has 0 aromatic carbocycles. The Morgan fingerprint density at radius 2 is 1.43 bits per heavy atom. The normalized spacial score (nSPS) is 13.7. The van der Waals surface area contributed by atoms with Crippen molar-refractivity contribution < 1.29 is 0 Å². The third kappa shape index (κ3) is 2.76. The van der Waals surface area contributed by atoms with Gasteiger partial charge >= 0.3 is 45.0 Å². The van der Waals surface area contributed by atoms with Gasteiger partial charge in [-0.2, -0.15) is 0 Å². The van der Waals surface area contributed by atoms with E-state index in [2.05, 4.69) is 20.0 Å². The summed E-state index contributed by atoms with van der Waals surface area (Å²) in [7, 11) is -1.15. The van der Waals surface area contributed by atoms with Crippen molar-refractivity contribution in [1.82, 2.24) is 0 Å². The van der Waals surface area contributed by atoms with Gasteiger partial charge in [-0.1, -0.05) is 0 Å². The molecule has 0 saturated carbocycles. The fraction of sp³-hybridized carbons (Fsp3) is 0.800. The fourth-order valence-corrected chi connectivity index (χ4v) is 0. The van der Waals surface area contributed by atoms with Crippen molar-refractivity contribution in [2.24, 2.45) is 0 Å². The minimum atomic E-state index is -1.15. The second-order valence-corrected chi connectivity index (χ2v) is 8.12. The third-order valence-corrected chi connectivity index (χ3v) is 3.38. The summed E-state index contributed by atoms with van der Waals surface area (Å²) >= 11 is 0. The molecule has 2 heteroatoms. The van der Waals surface area contributed by atoms with Crippen LogP contribution >= 0.6 is 7.26 Å². The molecule has 0 radical (unpaired) electrons. The zero-order chi connectivity index (χ0) is 6.08. The monoisotopic (exact) mass is 119 g/mol. The van der Waals surface area contributed by atoms with Crippen LogP contribution in [0.1, 0.15) is 6.92 Å². The molecule has 0 fully saturated rings. The predicted molar refractivity (Wildman–Crippen MR) is 39.5 cm³/mol. The van der Waals surface area contributed by atoms with Crippen molar-refractivity contribution in [1.29, 1.82) is 5.41 Å². The summed E-state index contributed by atoms with van der Waals surface area (Å²) in [5.41, 5.74) is 0.882. The summed E-state index contributed by atoms with van der Waals surface area (Å²) in [6.45, 7) is 8.42. The molecule has 1 nitrogen and oxygen atoms in total. The van der Waals surface area contributed by atoms with Crippen LogP contribution in [0.15, 0.2) is 0 Å². The Bertz CT molecular complexity index is 80.6. The van der Waals surface area contributed by atoms with Gasteiger partial charge in [0.1, 0.15) is 0 Å². The number of hydrogen-bond acceptors (Lipinski definition) is 1. The fourth-order valence-electron chi connectivity index (χ4n) is 0. The van der Waals surface area contributed by atoms with Crippen LogP contribution in [-0.2, 0) is 0 Å². The Balaban J connectivity index is 3.79. The summed E-state index contributed by atoms with van der Waals surface area (Å²) in [6, 6.07) is 0. The summed E-state index contributed by atoms with van der Waals surface area (Å²) < 4.78 is 0. The van der Waals surface area contributed by atoms with E-state index in [4.69, 9.17) is 5.41 Å². The SMILES string of the molecule is CC(=N)[PH](C)(C)C. The predicted octanol–water partition coefficient (Wildman–Crippen LogP) is 1.62. The summed E-state index contributed by atoms with van der Waals surface area (Å²) in [6.07, 6.45) is 0. The standard InChI is InChI=1S/C5H14NP/c1-5(6)7(2,3)4/h6-7H,1-4H3. The van der Waals surface area contributed by atoms with Crippen molar-refractivity contribution >= 4 is 12.7 Å². The molecule has 0 aromatic rings. The van der Waals surface area contributed by atoms with Gasteiger partial charge in [-0.05, 0) is 0 Å². The van der Waals surface area contributed by atoms with Gasteiger partial charge in [0.15, 0.2) is 0 Å². The summed E-state index contributed by atoms with van der Waals surface area (Å²) in [5, 5.41) is 7.21. The molecular formula is C5H14NP. The Hall–Kier alpha value is 0.100. The molecule has 0 heterocycles. The van der Waals surface area contributed by atoms with E-state index < -0.39 is 7.26 Å². The van der Waals surface area contributed by atoms with Gasteiger partial charge in [-0.25, -0.2) is 0 Å². The molecule has 0 aliphatic carbocycles. The molecule has 0 atom stereocenters. The Morgan fingerprint density at radius 3 is 1.43 bits per heavy atom. The first-order valence-corrected chi connectivity index (χ1v) is 6.00. The first kappa shape index (κ1) is 7.10. The molecule has 0 spiro atoms. The molecule has 44 valence electrons.